The maximum Gasteiger partial charge on any atom is 0.191 e. The molecule has 0 spiro atoms. The number of nitrogens with one attached hydrogen (secondary N) is 2. The standard InChI is InChI=1S/C18H29N3O2S.HI/c1-4-23-16-8-6-5-7-15(16)13-20-17(19-2)21-14-18(24-3)9-11-22-12-10-18;/h5-8H,4,9-14H2,1-3H3,(H2,19,20,21);1H. The van der Waals surface area contributed by atoms with Gasteiger partial charge in [-0.1, -0.05) is 18.2 Å². The van der Waals surface area contributed by atoms with E-state index >= 15 is 0 Å². The Morgan fingerprint density at radius 3 is 2.64 bits per heavy atom. The fourth-order valence-electron chi connectivity index (χ4n) is 2.79. The average molecular weight is 479 g/mol. The number of aliphatic imine (C=N–C) groups is 1. The van der Waals surface area contributed by atoms with Gasteiger partial charge in [0.2, 0.25) is 0 Å². The number of ether oxygens (including phenoxy) is 2. The lowest BCUT2D eigenvalue weighted by atomic mass is 9.99. The Morgan fingerprint density at radius 2 is 2.00 bits per heavy atom. The molecule has 25 heavy (non-hydrogen) atoms. The van der Waals surface area contributed by atoms with Crippen LogP contribution in [-0.4, -0.2) is 50.4 Å². The Kier molecular flexibility index (Phi) is 10.6. The molecule has 142 valence electrons. The van der Waals surface area contributed by atoms with Crippen molar-refractivity contribution in [3.8, 4) is 5.75 Å². The lowest BCUT2D eigenvalue weighted by Crippen LogP contribution is -2.47. The summed E-state index contributed by atoms with van der Waals surface area (Å²) in [6, 6.07) is 8.10. The van der Waals surface area contributed by atoms with E-state index in [9.17, 15) is 0 Å². The highest BCUT2D eigenvalue weighted by atomic mass is 127. The van der Waals surface area contributed by atoms with Gasteiger partial charge in [-0.15, -0.1) is 24.0 Å². The number of nitrogens with zero attached hydrogens (tertiary/aromatic N) is 1. The van der Waals surface area contributed by atoms with Gasteiger partial charge in [0.1, 0.15) is 5.75 Å². The highest BCUT2D eigenvalue weighted by molar-refractivity contribution is 14.0. The van der Waals surface area contributed by atoms with Crippen molar-refractivity contribution in [2.24, 2.45) is 4.99 Å². The highest BCUT2D eigenvalue weighted by Gasteiger charge is 2.31. The van der Waals surface area contributed by atoms with Gasteiger partial charge in [0.05, 0.1) is 6.61 Å². The third-order valence-corrected chi connectivity index (χ3v) is 5.78. The van der Waals surface area contributed by atoms with Crippen molar-refractivity contribution >= 4 is 41.7 Å². The third kappa shape index (κ3) is 6.86. The van der Waals surface area contributed by atoms with Crippen LogP contribution in [0.15, 0.2) is 29.3 Å². The molecule has 1 heterocycles. The van der Waals surface area contributed by atoms with Crippen LogP contribution in [0.3, 0.4) is 0 Å². The van der Waals surface area contributed by atoms with E-state index in [2.05, 4.69) is 27.9 Å². The van der Waals surface area contributed by atoms with Gasteiger partial charge in [0.15, 0.2) is 5.96 Å². The number of thioether (sulfide) groups is 1. The Bertz CT molecular complexity index is 537. The van der Waals surface area contributed by atoms with Crippen molar-refractivity contribution in [3.63, 3.8) is 0 Å². The summed E-state index contributed by atoms with van der Waals surface area (Å²) in [4.78, 5) is 4.34. The maximum atomic E-state index is 5.67. The van der Waals surface area contributed by atoms with E-state index in [1.165, 1.54) is 0 Å². The molecule has 2 rings (SSSR count). The molecule has 1 fully saturated rings. The second-order valence-electron chi connectivity index (χ2n) is 5.82. The van der Waals surface area contributed by atoms with Crippen LogP contribution in [-0.2, 0) is 11.3 Å². The summed E-state index contributed by atoms with van der Waals surface area (Å²) < 4.78 is 11.4. The SMILES string of the molecule is CCOc1ccccc1CNC(=NC)NCC1(SC)CCOCC1.I. The molecule has 0 aliphatic carbocycles. The van der Waals surface area contributed by atoms with Crippen LogP contribution in [0.4, 0.5) is 0 Å². The summed E-state index contributed by atoms with van der Waals surface area (Å²) in [6.07, 6.45) is 4.33. The Hall–Kier alpha value is -0.670. The van der Waals surface area contributed by atoms with Gasteiger partial charge in [0.25, 0.3) is 0 Å². The van der Waals surface area contributed by atoms with E-state index in [4.69, 9.17) is 9.47 Å². The van der Waals surface area contributed by atoms with Crippen molar-refractivity contribution in [2.75, 3.05) is 39.7 Å². The van der Waals surface area contributed by atoms with E-state index in [1.54, 1.807) is 7.05 Å². The van der Waals surface area contributed by atoms with Gasteiger partial charge in [0, 0.05) is 43.7 Å². The summed E-state index contributed by atoms with van der Waals surface area (Å²) in [5.74, 6) is 1.74. The largest absolute Gasteiger partial charge is 0.494 e. The summed E-state index contributed by atoms with van der Waals surface area (Å²) in [7, 11) is 1.81. The normalized spacial score (nSPS) is 16.7. The number of hydrogen-bond donors (Lipinski definition) is 2. The molecule has 1 aliphatic rings. The molecule has 5 nitrogen and oxygen atoms in total. The fourth-order valence-corrected chi connectivity index (χ4v) is 3.58. The second kappa shape index (κ2) is 11.9. The molecule has 0 atom stereocenters. The van der Waals surface area contributed by atoms with Gasteiger partial charge in [-0.05, 0) is 32.1 Å². The molecule has 0 unspecified atom stereocenters. The van der Waals surface area contributed by atoms with E-state index in [-0.39, 0.29) is 28.7 Å². The smallest absolute Gasteiger partial charge is 0.191 e. The number of halogens is 1. The summed E-state index contributed by atoms with van der Waals surface area (Å²) >= 11 is 1.92. The first-order valence-corrected chi connectivity index (χ1v) is 9.73. The average Bonchev–Trinajstić information content (AvgIpc) is 2.64. The van der Waals surface area contributed by atoms with Gasteiger partial charge in [-0.2, -0.15) is 11.8 Å². The van der Waals surface area contributed by atoms with Crippen LogP contribution in [0.25, 0.3) is 0 Å². The predicted molar refractivity (Wildman–Crippen MR) is 118 cm³/mol. The van der Waals surface area contributed by atoms with Crippen LogP contribution < -0.4 is 15.4 Å². The van der Waals surface area contributed by atoms with Crippen LogP contribution >= 0.6 is 35.7 Å². The van der Waals surface area contributed by atoms with Crippen molar-refractivity contribution in [1.29, 1.82) is 0 Å². The molecular formula is C18H30IN3O2S. The lowest BCUT2D eigenvalue weighted by molar-refractivity contribution is 0.0783. The molecule has 0 amide bonds. The lowest BCUT2D eigenvalue weighted by Gasteiger charge is -2.36. The minimum absolute atomic E-state index is 0. The molecule has 1 aromatic rings. The fraction of sp³-hybridized carbons (Fsp3) is 0.611. The molecule has 1 aromatic carbocycles. The number of hydrogen-bond acceptors (Lipinski definition) is 4. The molecule has 2 N–H and O–H groups in total. The zero-order valence-corrected chi connectivity index (χ0v) is 18.5. The number of para-hydroxylation sites is 1. The van der Waals surface area contributed by atoms with Crippen LogP contribution in [0.5, 0.6) is 5.75 Å². The van der Waals surface area contributed by atoms with E-state index < -0.39 is 0 Å². The second-order valence-corrected chi connectivity index (χ2v) is 7.09. The van der Waals surface area contributed by atoms with Crippen molar-refractivity contribution in [1.82, 2.24) is 10.6 Å². The zero-order chi connectivity index (χ0) is 17.3. The summed E-state index contributed by atoms with van der Waals surface area (Å²) in [5.41, 5.74) is 1.13. The van der Waals surface area contributed by atoms with E-state index in [0.29, 0.717) is 13.2 Å². The molecular weight excluding hydrogens is 449 g/mol. The monoisotopic (exact) mass is 479 g/mol. The molecule has 1 saturated heterocycles. The van der Waals surface area contributed by atoms with Gasteiger partial charge in [-0.25, -0.2) is 0 Å². The molecule has 0 radical (unpaired) electrons. The number of rotatable bonds is 7. The minimum Gasteiger partial charge on any atom is -0.494 e. The third-order valence-electron chi connectivity index (χ3n) is 4.36. The Labute approximate surface area is 172 Å². The first-order chi connectivity index (χ1) is 11.7. The molecule has 0 saturated carbocycles. The Balaban J connectivity index is 0.00000312. The van der Waals surface area contributed by atoms with Crippen molar-refractivity contribution < 1.29 is 9.47 Å². The van der Waals surface area contributed by atoms with Gasteiger partial charge < -0.3 is 20.1 Å². The van der Waals surface area contributed by atoms with Crippen LogP contribution in [0.1, 0.15) is 25.3 Å². The van der Waals surface area contributed by atoms with E-state index in [1.807, 2.05) is 36.9 Å². The summed E-state index contributed by atoms with van der Waals surface area (Å²) in [5, 5.41) is 6.86. The minimum atomic E-state index is 0. The zero-order valence-electron chi connectivity index (χ0n) is 15.3. The topological polar surface area (TPSA) is 54.9 Å². The van der Waals surface area contributed by atoms with Crippen molar-refractivity contribution in [2.45, 2.75) is 31.1 Å². The number of benzene rings is 1. The maximum absolute atomic E-state index is 5.67. The number of guanidine groups is 1. The van der Waals surface area contributed by atoms with Crippen molar-refractivity contribution in [3.05, 3.63) is 29.8 Å². The van der Waals surface area contributed by atoms with Gasteiger partial charge in [-0.3, -0.25) is 4.99 Å². The molecule has 0 aromatic heterocycles. The van der Waals surface area contributed by atoms with Gasteiger partial charge >= 0.3 is 0 Å². The predicted octanol–water partition coefficient (Wildman–Crippen LogP) is 3.28. The Morgan fingerprint density at radius 1 is 1.28 bits per heavy atom. The first kappa shape index (κ1) is 22.4. The van der Waals surface area contributed by atoms with Crippen LogP contribution in [0, 0.1) is 0 Å². The molecule has 7 heteroatoms. The summed E-state index contributed by atoms with van der Waals surface area (Å²) in [6.45, 7) is 5.94. The first-order valence-electron chi connectivity index (χ1n) is 8.51. The quantitative estimate of drug-likeness (QED) is 0.357. The molecule has 0 bridgehead atoms. The highest BCUT2D eigenvalue weighted by Crippen LogP contribution is 2.32. The molecule has 1 aliphatic heterocycles. The van der Waals surface area contributed by atoms with E-state index in [0.717, 1.165) is 49.9 Å². The van der Waals surface area contributed by atoms with Crippen LogP contribution in [0.2, 0.25) is 0 Å².